The fourth-order valence-electron chi connectivity index (χ4n) is 2.39. The summed E-state index contributed by atoms with van der Waals surface area (Å²) in [6, 6.07) is 8.47. The molecule has 2 rings (SSSR count). The smallest absolute Gasteiger partial charge is 0.356 e. The van der Waals surface area contributed by atoms with E-state index in [1.54, 1.807) is 30.3 Å². The van der Waals surface area contributed by atoms with Crippen LogP contribution in [0.15, 0.2) is 30.3 Å². The van der Waals surface area contributed by atoms with E-state index in [-0.39, 0.29) is 6.10 Å². The molecule has 0 saturated carbocycles. The van der Waals surface area contributed by atoms with Crippen molar-refractivity contribution in [1.29, 1.82) is 0 Å². The molecule has 4 heteroatoms. The molecule has 2 unspecified atom stereocenters. The van der Waals surface area contributed by atoms with Crippen LogP contribution in [0, 0.1) is 12.3 Å². The molecule has 1 aromatic carbocycles. The van der Waals surface area contributed by atoms with E-state index in [4.69, 9.17) is 11.2 Å². The van der Waals surface area contributed by atoms with Crippen LogP contribution >= 0.6 is 0 Å². The molecule has 106 valence electrons. The lowest BCUT2D eigenvalue weighted by molar-refractivity contribution is -0.168. The van der Waals surface area contributed by atoms with Gasteiger partial charge < -0.3 is 14.7 Å². The molecule has 1 aromatic rings. The van der Waals surface area contributed by atoms with Gasteiger partial charge in [0.2, 0.25) is 5.60 Å². The van der Waals surface area contributed by atoms with Gasteiger partial charge in [-0.05, 0) is 26.4 Å². The quantitative estimate of drug-likeness (QED) is 0.663. The number of likely N-dealkylation sites (N-methyl/N-ethyl adjacent to an activating group) is 1. The summed E-state index contributed by atoms with van der Waals surface area (Å²) < 4.78 is 5.40. The van der Waals surface area contributed by atoms with Crippen molar-refractivity contribution in [3.8, 4) is 12.3 Å². The Morgan fingerprint density at radius 3 is 2.80 bits per heavy atom. The Labute approximate surface area is 119 Å². The van der Waals surface area contributed by atoms with E-state index < -0.39 is 11.6 Å². The predicted molar refractivity (Wildman–Crippen MR) is 75.8 cm³/mol. The number of piperidine rings is 1. The highest BCUT2D eigenvalue weighted by Crippen LogP contribution is 2.24. The first kappa shape index (κ1) is 14.6. The van der Waals surface area contributed by atoms with E-state index in [0.717, 1.165) is 19.4 Å². The summed E-state index contributed by atoms with van der Waals surface area (Å²) in [7, 11) is 1.98. The van der Waals surface area contributed by atoms with Gasteiger partial charge in [0.25, 0.3) is 0 Å². The highest BCUT2D eigenvalue weighted by atomic mass is 16.6. The highest BCUT2D eigenvalue weighted by Gasteiger charge is 2.39. The second-order valence-electron chi connectivity index (χ2n) is 5.15. The number of hydrogen-bond donors (Lipinski definition) is 1. The number of nitrogens with zero attached hydrogens (tertiary/aromatic N) is 1. The van der Waals surface area contributed by atoms with Gasteiger partial charge in [-0.3, -0.25) is 0 Å². The van der Waals surface area contributed by atoms with Gasteiger partial charge in [-0.1, -0.05) is 36.3 Å². The molecule has 1 fully saturated rings. The van der Waals surface area contributed by atoms with Crippen molar-refractivity contribution >= 4 is 5.97 Å². The average molecular weight is 273 g/mol. The molecule has 1 heterocycles. The van der Waals surface area contributed by atoms with Crippen molar-refractivity contribution in [3.05, 3.63) is 35.9 Å². The largest absolute Gasteiger partial charge is 0.458 e. The van der Waals surface area contributed by atoms with Gasteiger partial charge in [0, 0.05) is 12.1 Å². The third kappa shape index (κ3) is 3.01. The molecule has 0 aliphatic carbocycles. The fraction of sp³-hybridized carbons (Fsp3) is 0.438. The molecule has 1 aliphatic heterocycles. The molecule has 0 amide bonds. The van der Waals surface area contributed by atoms with E-state index >= 15 is 0 Å². The minimum Gasteiger partial charge on any atom is -0.458 e. The number of aliphatic hydroxyl groups is 1. The number of carbonyl (C=O) groups excluding carboxylic acids is 1. The van der Waals surface area contributed by atoms with E-state index in [0.29, 0.717) is 12.1 Å². The monoisotopic (exact) mass is 273 g/mol. The van der Waals surface area contributed by atoms with Crippen LogP contribution in [0.25, 0.3) is 0 Å². The maximum atomic E-state index is 12.2. The van der Waals surface area contributed by atoms with Crippen molar-refractivity contribution < 1.29 is 14.6 Å². The van der Waals surface area contributed by atoms with Gasteiger partial charge in [-0.2, -0.15) is 0 Å². The van der Waals surface area contributed by atoms with Crippen molar-refractivity contribution in [2.24, 2.45) is 0 Å². The van der Waals surface area contributed by atoms with Gasteiger partial charge in [0.1, 0.15) is 6.10 Å². The molecular weight excluding hydrogens is 254 g/mol. The summed E-state index contributed by atoms with van der Waals surface area (Å²) in [6.07, 6.45) is 6.91. The predicted octanol–water partition coefficient (Wildman–Crippen LogP) is 1.14. The maximum absolute atomic E-state index is 12.2. The van der Waals surface area contributed by atoms with Crippen LogP contribution in [0.1, 0.15) is 18.4 Å². The van der Waals surface area contributed by atoms with Crippen molar-refractivity contribution in [2.75, 3.05) is 20.1 Å². The number of hydrogen-bond acceptors (Lipinski definition) is 4. The molecule has 4 nitrogen and oxygen atoms in total. The molecule has 2 atom stereocenters. The fourth-order valence-corrected chi connectivity index (χ4v) is 2.39. The lowest BCUT2D eigenvalue weighted by atomic mass is 9.95. The van der Waals surface area contributed by atoms with Crippen LogP contribution in [0.5, 0.6) is 0 Å². The summed E-state index contributed by atoms with van der Waals surface area (Å²) >= 11 is 0. The Bertz CT molecular complexity index is 508. The zero-order valence-electron chi connectivity index (χ0n) is 11.6. The maximum Gasteiger partial charge on any atom is 0.356 e. The molecule has 1 saturated heterocycles. The molecule has 0 radical (unpaired) electrons. The Kier molecular flexibility index (Phi) is 4.43. The van der Waals surface area contributed by atoms with E-state index in [9.17, 15) is 9.90 Å². The SMILES string of the molecule is C#CC(O)(C(=O)OC1CCCN(C)C1)c1ccccc1. The third-order valence-electron chi connectivity index (χ3n) is 3.55. The normalized spacial score (nSPS) is 22.6. The summed E-state index contributed by atoms with van der Waals surface area (Å²) in [5, 5.41) is 10.4. The van der Waals surface area contributed by atoms with Gasteiger partial charge in [0.05, 0.1) is 0 Å². The van der Waals surface area contributed by atoms with Crippen molar-refractivity contribution in [3.63, 3.8) is 0 Å². The Morgan fingerprint density at radius 1 is 1.50 bits per heavy atom. The second-order valence-corrected chi connectivity index (χ2v) is 5.15. The zero-order valence-corrected chi connectivity index (χ0v) is 11.6. The second kappa shape index (κ2) is 6.08. The standard InChI is InChI=1S/C16H19NO3/c1-3-16(19,13-8-5-4-6-9-13)15(18)20-14-10-7-11-17(2)12-14/h1,4-6,8-9,14,19H,7,10-12H2,2H3. The molecule has 1 aliphatic rings. The van der Waals surface area contributed by atoms with Crippen LogP contribution in [0.4, 0.5) is 0 Å². The van der Waals surface area contributed by atoms with E-state index in [2.05, 4.69) is 10.8 Å². The summed E-state index contributed by atoms with van der Waals surface area (Å²) in [5.41, 5.74) is -1.66. The van der Waals surface area contributed by atoms with Gasteiger partial charge in [-0.15, -0.1) is 6.42 Å². The lowest BCUT2D eigenvalue weighted by Gasteiger charge is -2.31. The van der Waals surface area contributed by atoms with E-state index in [1.807, 2.05) is 7.05 Å². The topological polar surface area (TPSA) is 49.8 Å². The Morgan fingerprint density at radius 2 is 2.20 bits per heavy atom. The third-order valence-corrected chi connectivity index (χ3v) is 3.55. The van der Waals surface area contributed by atoms with Crippen LogP contribution < -0.4 is 0 Å². The lowest BCUT2D eigenvalue weighted by Crippen LogP contribution is -2.43. The number of carbonyl (C=O) groups is 1. The zero-order chi connectivity index (χ0) is 14.6. The summed E-state index contributed by atoms with van der Waals surface area (Å²) in [6.45, 7) is 1.66. The van der Waals surface area contributed by atoms with Crippen molar-refractivity contribution in [1.82, 2.24) is 4.90 Å². The van der Waals surface area contributed by atoms with Crippen molar-refractivity contribution in [2.45, 2.75) is 24.5 Å². The number of esters is 1. The first-order valence-electron chi connectivity index (χ1n) is 6.71. The number of benzene rings is 1. The van der Waals surface area contributed by atoms with Crippen LogP contribution in [-0.4, -0.2) is 42.2 Å². The van der Waals surface area contributed by atoms with Crippen LogP contribution in [0.2, 0.25) is 0 Å². The average Bonchev–Trinajstić information content (AvgIpc) is 2.47. The van der Waals surface area contributed by atoms with Crippen LogP contribution in [-0.2, 0) is 15.1 Å². The minimum absolute atomic E-state index is 0.218. The van der Waals surface area contributed by atoms with Gasteiger partial charge in [-0.25, -0.2) is 4.79 Å². The Balaban J connectivity index is 2.12. The number of ether oxygens (including phenoxy) is 1. The number of rotatable bonds is 3. The molecule has 0 bridgehead atoms. The first-order valence-corrected chi connectivity index (χ1v) is 6.71. The van der Waals surface area contributed by atoms with Gasteiger partial charge in [0.15, 0.2) is 0 Å². The molecule has 0 spiro atoms. The summed E-state index contributed by atoms with van der Waals surface area (Å²) in [4.78, 5) is 14.3. The Hall–Kier alpha value is -1.83. The molecule has 0 aromatic heterocycles. The number of likely N-dealkylation sites (tertiary alicyclic amines) is 1. The molecule has 20 heavy (non-hydrogen) atoms. The first-order chi connectivity index (χ1) is 9.56. The molecular formula is C16H19NO3. The van der Waals surface area contributed by atoms with E-state index in [1.165, 1.54) is 0 Å². The molecule has 1 N–H and O–H groups in total. The summed E-state index contributed by atoms with van der Waals surface area (Å²) in [5.74, 6) is 1.39. The minimum atomic E-state index is -2.02. The van der Waals surface area contributed by atoms with Crippen LogP contribution in [0.3, 0.4) is 0 Å². The highest BCUT2D eigenvalue weighted by molar-refractivity contribution is 5.85. The number of terminal acetylenes is 1. The van der Waals surface area contributed by atoms with Gasteiger partial charge >= 0.3 is 5.97 Å².